The first-order chi connectivity index (χ1) is 8.36. The van der Waals surface area contributed by atoms with Gasteiger partial charge in [-0.15, -0.1) is 11.6 Å². The highest BCUT2D eigenvalue weighted by Crippen LogP contribution is 2.39. The molecule has 1 saturated carbocycles. The van der Waals surface area contributed by atoms with Crippen molar-refractivity contribution in [1.82, 2.24) is 4.31 Å². The van der Waals surface area contributed by atoms with Crippen LogP contribution in [0.15, 0.2) is 15.4 Å². The predicted octanol–water partition coefficient (Wildman–Crippen LogP) is 2.60. The van der Waals surface area contributed by atoms with E-state index in [2.05, 4.69) is 6.92 Å². The summed E-state index contributed by atoms with van der Waals surface area (Å²) in [6, 6.07) is 1.52. The summed E-state index contributed by atoms with van der Waals surface area (Å²) in [5.74, 6) is 2.19. The normalized spacial score (nSPS) is 23.6. The van der Waals surface area contributed by atoms with Crippen molar-refractivity contribution in [3.05, 3.63) is 17.6 Å². The smallest absolute Gasteiger partial charge is 0.246 e. The van der Waals surface area contributed by atoms with E-state index >= 15 is 0 Å². The van der Waals surface area contributed by atoms with Gasteiger partial charge in [0.1, 0.15) is 16.4 Å². The van der Waals surface area contributed by atoms with Gasteiger partial charge in [-0.05, 0) is 25.2 Å². The van der Waals surface area contributed by atoms with Crippen LogP contribution < -0.4 is 0 Å². The Balaban J connectivity index is 2.20. The lowest BCUT2D eigenvalue weighted by Gasteiger charge is -2.16. The number of hydrogen-bond donors (Lipinski definition) is 0. The number of aryl methyl sites for hydroxylation is 1. The van der Waals surface area contributed by atoms with Gasteiger partial charge in [-0.25, -0.2) is 12.7 Å². The van der Waals surface area contributed by atoms with E-state index < -0.39 is 10.0 Å². The average Bonchev–Trinajstić information content (AvgIpc) is 2.85. The van der Waals surface area contributed by atoms with Crippen LogP contribution in [-0.4, -0.2) is 26.3 Å². The Labute approximate surface area is 113 Å². The van der Waals surface area contributed by atoms with Crippen molar-refractivity contribution >= 4 is 21.6 Å². The van der Waals surface area contributed by atoms with Crippen LogP contribution >= 0.6 is 11.6 Å². The molecule has 102 valence electrons. The fraction of sp³-hybridized carbons (Fsp3) is 0.667. The van der Waals surface area contributed by atoms with Crippen molar-refractivity contribution in [2.75, 3.05) is 13.6 Å². The van der Waals surface area contributed by atoms with E-state index in [1.807, 2.05) is 0 Å². The molecule has 1 aromatic heterocycles. The summed E-state index contributed by atoms with van der Waals surface area (Å²) in [4.78, 5) is 0.231. The lowest BCUT2D eigenvalue weighted by molar-refractivity contribution is 0.440. The molecule has 2 atom stereocenters. The Hall–Kier alpha value is -0.520. The molecular formula is C12H18ClNO3S. The average molecular weight is 292 g/mol. The first-order valence-corrected chi connectivity index (χ1v) is 7.95. The van der Waals surface area contributed by atoms with E-state index in [0.717, 1.165) is 6.42 Å². The van der Waals surface area contributed by atoms with Gasteiger partial charge < -0.3 is 4.42 Å². The van der Waals surface area contributed by atoms with Crippen LogP contribution in [0.2, 0.25) is 0 Å². The van der Waals surface area contributed by atoms with Crippen molar-refractivity contribution < 1.29 is 12.8 Å². The zero-order valence-corrected chi connectivity index (χ0v) is 12.4. The van der Waals surface area contributed by atoms with Gasteiger partial charge in [0.05, 0.1) is 5.88 Å². The number of furan rings is 1. The van der Waals surface area contributed by atoms with Gasteiger partial charge in [-0.1, -0.05) is 6.92 Å². The van der Waals surface area contributed by atoms with Crippen LogP contribution in [0.5, 0.6) is 0 Å². The van der Waals surface area contributed by atoms with Crippen LogP contribution in [-0.2, 0) is 15.9 Å². The first-order valence-electron chi connectivity index (χ1n) is 5.98. The molecule has 1 aliphatic rings. The van der Waals surface area contributed by atoms with Crippen molar-refractivity contribution in [3.63, 3.8) is 0 Å². The minimum atomic E-state index is -3.46. The molecular weight excluding hydrogens is 274 g/mol. The fourth-order valence-corrected chi connectivity index (χ4v) is 3.64. The van der Waals surface area contributed by atoms with Gasteiger partial charge in [0.15, 0.2) is 0 Å². The van der Waals surface area contributed by atoms with Gasteiger partial charge in [0, 0.05) is 19.7 Å². The van der Waals surface area contributed by atoms with Crippen molar-refractivity contribution in [2.24, 2.45) is 11.8 Å². The maximum absolute atomic E-state index is 12.4. The molecule has 4 nitrogen and oxygen atoms in total. The van der Waals surface area contributed by atoms with Crippen LogP contribution in [0, 0.1) is 18.8 Å². The molecule has 0 N–H and O–H groups in total. The maximum Gasteiger partial charge on any atom is 0.246 e. The summed E-state index contributed by atoms with van der Waals surface area (Å²) in [7, 11) is -1.84. The van der Waals surface area contributed by atoms with Crippen LogP contribution in [0.4, 0.5) is 0 Å². The van der Waals surface area contributed by atoms with Gasteiger partial charge in [-0.2, -0.15) is 0 Å². The Morgan fingerprint density at radius 3 is 2.61 bits per heavy atom. The molecule has 2 rings (SSSR count). The second-order valence-electron chi connectivity index (χ2n) is 5.03. The highest BCUT2D eigenvalue weighted by atomic mass is 35.5. The van der Waals surface area contributed by atoms with Crippen LogP contribution in [0.3, 0.4) is 0 Å². The number of alkyl halides is 1. The summed E-state index contributed by atoms with van der Waals surface area (Å²) in [6.07, 6.45) is 1.11. The molecule has 1 heterocycles. The zero-order valence-electron chi connectivity index (χ0n) is 10.8. The summed E-state index contributed by atoms with van der Waals surface area (Å²) < 4.78 is 31.5. The predicted molar refractivity (Wildman–Crippen MR) is 70.1 cm³/mol. The van der Waals surface area contributed by atoms with E-state index in [-0.39, 0.29) is 10.8 Å². The number of sulfonamides is 1. The van der Waals surface area contributed by atoms with Gasteiger partial charge in [-0.3, -0.25) is 0 Å². The van der Waals surface area contributed by atoms with Crippen LogP contribution in [0.1, 0.15) is 24.9 Å². The summed E-state index contributed by atoms with van der Waals surface area (Å²) in [5.41, 5.74) is 0. The second kappa shape index (κ2) is 4.87. The third-order valence-electron chi connectivity index (χ3n) is 3.51. The minimum Gasteiger partial charge on any atom is -0.464 e. The SMILES string of the molecule is Cc1oc(CCl)cc1S(=O)(=O)N(C)CC1CC1C. The largest absolute Gasteiger partial charge is 0.464 e. The topological polar surface area (TPSA) is 50.5 Å². The van der Waals surface area contributed by atoms with Crippen molar-refractivity contribution in [2.45, 2.75) is 31.0 Å². The highest BCUT2D eigenvalue weighted by Gasteiger charge is 2.37. The third kappa shape index (κ3) is 2.58. The first kappa shape index (κ1) is 13.9. The molecule has 0 amide bonds. The van der Waals surface area contributed by atoms with E-state index in [0.29, 0.717) is 29.9 Å². The number of hydrogen-bond acceptors (Lipinski definition) is 3. The molecule has 0 aliphatic heterocycles. The molecule has 0 saturated heterocycles. The molecule has 1 aliphatic carbocycles. The summed E-state index contributed by atoms with van der Waals surface area (Å²) in [5, 5.41) is 0. The standard InChI is InChI=1S/C12H18ClNO3S/c1-8-4-10(8)7-14(3)18(15,16)12-5-11(6-13)17-9(12)2/h5,8,10H,4,6-7H2,1-3H3. The second-order valence-corrected chi connectivity index (χ2v) is 7.31. The van der Waals surface area contributed by atoms with E-state index in [1.54, 1.807) is 14.0 Å². The molecule has 1 aromatic rings. The molecule has 1 fully saturated rings. The monoisotopic (exact) mass is 291 g/mol. The molecule has 0 aromatic carbocycles. The Bertz CT molecular complexity index is 538. The Kier molecular flexibility index (Phi) is 3.76. The fourth-order valence-electron chi connectivity index (χ4n) is 2.10. The number of rotatable bonds is 5. The lowest BCUT2D eigenvalue weighted by atomic mass is 10.3. The number of halogens is 1. The van der Waals surface area contributed by atoms with E-state index in [4.69, 9.17) is 16.0 Å². The quantitative estimate of drug-likeness (QED) is 0.784. The maximum atomic E-state index is 12.4. The van der Waals surface area contributed by atoms with E-state index in [9.17, 15) is 8.42 Å². The molecule has 0 spiro atoms. The van der Waals surface area contributed by atoms with Crippen molar-refractivity contribution in [1.29, 1.82) is 0 Å². The van der Waals surface area contributed by atoms with Crippen LogP contribution in [0.25, 0.3) is 0 Å². The Morgan fingerprint density at radius 1 is 1.56 bits per heavy atom. The van der Waals surface area contributed by atoms with Gasteiger partial charge >= 0.3 is 0 Å². The Morgan fingerprint density at radius 2 is 2.17 bits per heavy atom. The molecule has 18 heavy (non-hydrogen) atoms. The number of nitrogens with zero attached hydrogens (tertiary/aromatic N) is 1. The van der Waals surface area contributed by atoms with Gasteiger partial charge in [0.2, 0.25) is 10.0 Å². The van der Waals surface area contributed by atoms with Gasteiger partial charge in [0.25, 0.3) is 0 Å². The summed E-state index contributed by atoms with van der Waals surface area (Å²) >= 11 is 5.65. The minimum absolute atomic E-state index is 0.180. The molecule has 0 bridgehead atoms. The molecule has 2 unspecified atom stereocenters. The molecule has 0 radical (unpaired) electrons. The van der Waals surface area contributed by atoms with E-state index in [1.165, 1.54) is 10.4 Å². The summed E-state index contributed by atoms with van der Waals surface area (Å²) in [6.45, 7) is 4.36. The third-order valence-corrected chi connectivity index (χ3v) is 5.71. The lowest BCUT2D eigenvalue weighted by Crippen LogP contribution is -2.29. The highest BCUT2D eigenvalue weighted by molar-refractivity contribution is 7.89. The molecule has 6 heteroatoms. The van der Waals surface area contributed by atoms with Crippen molar-refractivity contribution in [3.8, 4) is 0 Å². The zero-order chi connectivity index (χ0) is 13.5.